The van der Waals surface area contributed by atoms with Crippen LogP contribution in [0.4, 0.5) is 0 Å². The smallest absolute Gasteiger partial charge is 0.252 e. The van der Waals surface area contributed by atoms with E-state index in [4.69, 9.17) is 4.42 Å². The number of nitrogens with zero attached hydrogens (tertiary/aromatic N) is 3. The lowest BCUT2D eigenvalue weighted by Crippen LogP contribution is -1.80. The van der Waals surface area contributed by atoms with Gasteiger partial charge in [-0.05, 0) is 24.0 Å². The van der Waals surface area contributed by atoms with Crippen LogP contribution in [0, 0.1) is 6.92 Å². The van der Waals surface area contributed by atoms with Crippen LogP contribution in [0.2, 0.25) is 0 Å². The predicted molar refractivity (Wildman–Crippen MR) is 63.7 cm³/mol. The highest BCUT2D eigenvalue weighted by atomic mass is 32.2. The molecule has 2 rings (SSSR count). The van der Waals surface area contributed by atoms with Gasteiger partial charge in [0.25, 0.3) is 5.89 Å². The van der Waals surface area contributed by atoms with Gasteiger partial charge in [-0.2, -0.15) is 4.37 Å². The molecule has 0 saturated carbocycles. The minimum atomic E-state index is 0.565. The molecular weight excluding hydrogens is 250 g/mol. The molecule has 0 aliphatic rings. The van der Waals surface area contributed by atoms with Crippen molar-refractivity contribution in [2.45, 2.75) is 16.2 Å². The van der Waals surface area contributed by atoms with Crippen LogP contribution in [0.5, 0.6) is 0 Å². The van der Waals surface area contributed by atoms with E-state index in [1.54, 1.807) is 30.4 Å². The summed E-state index contributed by atoms with van der Waals surface area (Å²) in [4.78, 5) is 0. The molecule has 4 nitrogen and oxygen atoms in total. The van der Waals surface area contributed by atoms with Crippen molar-refractivity contribution in [2.24, 2.45) is 0 Å². The van der Waals surface area contributed by atoms with Gasteiger partial charge in [0.1, 0.15) is 5.03 Å². The average molecular weight is 259 g/mol. The number of thioether (sulfide) groups is 2. The first-order chi connectivity index (χ1) is 7.26. The summed E-state index contributed by atoms with van der Waals surface area (Å²) in [6.07, 6.45) is 4.01. The van der Waals surface area contributed by atoms with Gasteiger partial charge in [-0.3, -0.25) is 0 Å². The molecule has 2 heterocycles. The molecule has 80 valence electrons. The third-order valence-corrected chi connectivity index (χ3v) is 4.49. The molecule has 0 unspecified atom stereocenters. The normalized spacial score (nSPS) is 10.9. The van der Waals surface area contributed by atoms with Crippen LogP contribution < -0.4 is 0 Å². The zero-order valence-electron chi connectivity index (χ0n) is 8.47. The van der Waals surface area contributed by atoms with Crippen LogP contribution in [-0.2, 0) is 0 Å². The van der Waals surface area contributed by atoms with Gasteiger partial charge in [-0.1, -0.05) is 0 Å². The number of hydrogen-bond donors (Lipinski definition) is 0. The lowest BCUT2D eigenvalue weighted by molar-refractivity contribution is 0.531. The molecule has 2 aromatic rings. The topological polar surface area (TPSA) is 51.8 Å². The van der Waals surface area contributed by atoms with Crippen molar-refractivity contribution in [1.29, 1.82) is 0 Å². The van der Waals surface area contributed by atoms with Crippen LogP contribution >= 0.6 is 35.1 Å². The van der Waals surface area contributed by atoms with Gasteiger partial charge in [-0.25, -0.2) is 0 Å². The quantitative estimate of drug-likeness (QED) is 0.790. The van der Waals surface area contributed by atoms with Gasteiger partial charge in [0.15, 0.2) is 0 Å². The molecule has 7 heteroatoms. The maximum absolute atomic E-state index is 5.43. The maximum Gasteiger partial charge on any atom is 0.252 e. The van der Waals surface area contributed by atoms with Crippen molar-refractivity contribution >= 4 is 35.1 Å². The van der Waals surface area contributed by atoms with Crippen LogP contribution in [0.15, 0.2) is 13.7 Å². The lowest BCUT2D eigenvalue weighted by atomic mass is 10.4. The summed E-state index contributed by atoms with van der Waals surface area (Å²) in [7, 11) is 0. The Morgan fingerprint density at radius 3 is 2.53 bits per heavy atom. The van der Waals surface area contributed by atoms with Crippen molar-refractivity contribution in [3.8, 4) is 11.5 Å². The summed E-state index contributed by atoms with van der Waals surface area (Å²) in [5.74, 6) is 1.14. The molecule has 0 radical (unpaired) electrons. The number of hydrogen-bond acceptors (Lipinski definition) is 7. The fourth-order valence-electron chi connectivity index (χ4n) is 1.12. The SMILES string of the molecule is CSc1nsc(SC)c1-c1nnc(C)o1. The highest BCUT2D eigenvalue weighted by Crippen LogP contribution is 2.39. The van der Waals surface area contributed by atoms with Crippen molar-refractivity contribution in [3.63, 3.8) is 0 Å². The van der Waals surface area contributed by atoms with Gasteiger partial charge >= 0.3 is 0 Å². The van der Waals surface area contributed by atoms with Gasteiger partial charge in [-0.15, -0.1) is 33.7 Å². The summed E-state index contributed by atoms with van der Waals surface area (Å²) in [5, 5.41) is 8.82. The summed E-state index contributed by atoms with van der Waals surface area (Å²) in [6.45, 7) is 1.79. The van der Waals surface area contributed by atoms with E-state index in [-0.39, 0.29) is 0 Å². The van der Waals surface area contributed by atoms with E-state index in [1.807, 2.05) is 12.5 Å². The van der Waals surface area contributed by atoms with Gasteiger partial charge in [0.05, 0.1) is 9.77 Å². The van der Waals surface area contributed by atoms with E-state index in [0.717, 1.165) is 14.8 Å². The molecular formula is C8H9N3OS3. The van der Waals surface area contributed by atoms with E-state index < -0.39 is 0 Å². The minimum absolute atomic E-state index is 0.565. The van der Waals surface area contributed by atoms with Crippen LogP contribution in [0.3, 0.4) is 0 Å². The average Bonchev–Trinajstić information content (AvgIpc) is 2.82. The molecule has 0 aromatic carbocycles. The molecule has 0 saturated heterocycles. The predicted octanol–water partition coefficient (Wildman–Crippen LogP) is 2.95. The number of aromatic nitrogens is 3. The Bertz CT molecular complexity index is 444. The summed E-state index contributed by atoms with van der Waals surface area (Å²) in [6, 6.07) is 0. The van der Waals surface area contributed by atoms with Crippen molar-refractivity contribution in [1.82, 2.24) is 14.6 Å². The van der Waals surface area contributed by atoms with Gasteiger partial charge in [0, 0.05) is 6.92 Å². The Hall–Kier alpha value is -0.530. The highest BCUT2D eigenvalue weighted by Gasteiger charge is 2.19. The molecule has 0 fully saturated rings. The zero-order valence-corrected chi connectivity index (χ0v) is 10.9. The largest absolute Gasteiger partial charge is 0.421 e. The Morgan fingerprint density at radius 2 is 2.00 bits per heavy atom. The molecule has 15 heavy (non-hydrogen) atoms. The van der Waals surface area contributed by atoms with E-state index >= 15 is 0 Å². The molecule has 0 spiro atoms. The fraction of sp³-hybridized carbons (Fsp3) is 0.375. The highest BCUT2D eigenvalue weighted by molar-refractivity contribution is 8.01. The van der Waals surface area contributed by atoms with E-state index in [2.05, 4.69) is 14.6 Å². The fourth-order valence-corrected chi connectivity index (χ4v) is 3.38. The maximum atomic E-state index is 5.43. The third-order valence-electron chi connectivity index (χ3n) is 1.75. The van der Waals surface area contributed by atoms with Crippen LogP contribution in [-0.4, -0.2) is 27.1 Å². The lowest BCUT2D eigenvalue weighted by Gasteiger charge is -1.95. The third kappa shape index (κ3) is 2.04. The Balaban J connectivity index is 2.53. The molecule has 0 N–H and O–H groups in total. The molecule has 0 aliphatic carbocycles. The van der Waals surface area contributed by atoms with Crippen molar-refractivity contribution in [2.75, 3.05) is 12.5 Å². The van der Waals surface area contributed by atoms with Crippen LogP contribution in [0.1, 0.15) is 5.89 Å². The molecule has 2 aromatic heterocycles. The van der Waals surface area contributed by atoms with Gasteiger partial charge in [0.2, 0.25) is 5.89 Å². The Morgan fingerprint density at radius 1 is 1.20 bits per heavy atom. The monoisotopic (exact) mass is 259 g/mol. The standard InChI is InChI=1S/C8H9N3OS3/c1-4-9-10-6(12-4)5-7(13-2)11-15-8(5)14-3/h1-3H3. The zero-order chi connectivity index (χ0) is 10.8. The van der Waals surface area contributed by atoms with E-state index in [0.29, 0.717) is 11.8 Å². The van der Waals surface area contributed by atoms with Crippen molar-refractivity contribution in [3.05, 3.63) is 5.89 Å². The molecule has 0 bridgehead atoms. The second-order valence-corrected chi connectivity index (χ2v) is 5.33. The first kappa shape index (κ1) is 11.0. The van der Waals surface area contributed by atoms with E-state index in [9.17, 15) is 0 Å². The first-order valence-corrected chi connectivity index (χ1v) is 7.36. The minimum Gasteiger partial charge on any atom is -0.421 e. The summed E-state index contributed by atoms with van der Waals surface area (Å²) in [5.41, 5.74) is 0.973. The number of rotatable bonds is 3. The molecule has 0 amide bonds. The van der Waals surface area contributed by atoms with Crippen LogP contribution in [0.25, 0.3) is 11.5 Å². The second-order valence-electron chi connectivity index (χ2n) is 2.68. The second kappa shape index (κ2) is 4.54. The first-order valence-electron chi connectivity index (χ1n) is 4.14. The Kier molecular flexibility index (Phi) is 3.32. The Labute approximate surface area is 100 Å². The van der Waals surface area contributed by atoms with E-state index in [1.165, 1.54) is 11.5 Å². The van der Waals surface area contributed by atoms with Crippen molar-refractivity contribution < 1.29 is 4.42 Å². The number of aryl methyl sites for hydroxylation is 1. The van der Waals surface area contributed by atoms with Gasteiger partial charge < -0.3 is 4.42 Å². The summed E-state index contributed by atoms with van der Waals surface area (Å²) >= 11 is 4.71. The molecule has 0 aliphatic heterocycles. The molecule has 0 atom stereocenters. The summed E-state index contributed by atoms with van der Waals surface area (Å²) < 4.78 is 10.9.